The minimum Gasteiger partial charge on any atom is -0.335 e. The Labute approximate surface area is 79.0 Å². The molecule has 1 aromatic heterocycles. The maximum atomic E-state index is 5.89. The van der Waals surface area contributed by atoms with Crippen molar-refractivity contribution in [2.24, 2.45) is 5.73 Å². The molecular weight excluding hydrogens is 162 g/mol. The summed E-state index contributed by atoms with van der Waals surface area (Å²) in [5.41, 5.74) is 5.89. The number of nitrogens with two attached hydrogens (primary N) is 1. The second kappa shape index (κ2) is 3.50. The highest BCUT2D eigenvalue weighted by atomic mass is 15.1. The van der Waals surface area contributed by atoms with Crippen molar-refractivity contribution < 1.29 is 0 Å². The van der Waals surface area contributed by atoms with Gasteiger partial charge in [0.25, 0.3) is 0 Å². The molecule has 1 aliphatic carbocycles. The molecule has 1 heterocycles. The zero-order valence-electron chi connectivity index (χ0n) is 8.11. The number of hydrogen-bond donors (Lipinski definition) is 1. The van der Waals surface area contributed by atoms with Crippen LogP contribution in [0.25, 0.3) is 0 Å². The van der Waals surface area contributed by atoms with E-state index in [-0.39, 0.29) is 0 Å². The van der Waals surface area contributed by atoms with Crippen molar-refractivity contribution in [1.82, 2.24) is 9.55 Å². The third kappa shape index (κ3) is 1.61. The van der Waals surface area contributed by atoms with Crippen LogP contribution in [0.3, 0.4) is 0 Å². The van der Waals surface area contributed by atoms with Crippen LogP contribution in [0.1, 0.15) is 37.9 Å². The number of aromatic nitrogens is 2. The summed E-state index contributed by atoms with van der Waals surface area (Å²) in [5.74, 6) is 1.83. The van der Waals surface area contributed by atoms with E-state index in [9.17, 15) is 0 Å². The van der Waals surface area contributed by atoms with Gasteiger partial charge in [-0.25, -0.2) is 4.98 Å². The van der Waals surface area contributed by atoms with Crippen LogP contribution in [0.15, 0.2) is 12.4 Å². The van der Waals surface area contributed by atoms with Gasteiger partial charge in [-0.05, 0) is 26.2 Å². The summed E-state index contributed by atoms with van der Waals surface area (Å²) in [6, 6.07) is 0.395. The molecule has 3 heteroatoms. The van der Waals surface area contributed by atoms with Crippen molar-refractivity contribution in [2.75, 3.05) is 0 Å². The molecule has 2 N–H and O–H groups in total. The predicted molar refractivity (Wildman–Crippen MR) is 52.5 cm³/mol. The zero-order chi connectivity index (χ0) is 9.26. The highest BCUT2D eigenvalue weighted by Crippen LogP contribution is 2.32. The van der Waals surface area contributed by atoms with Crippen LogP contribution in [0, 0.1) is 0 Å². The summed E-state index contributed by atoms with van der Waals surface area (Å²) in [4.78, 5) is 4.41. The topological polar surface area (TPSA) is 43.8 Å². The van der Waals surface area contributed by atoms with Crippen molar-refractivity contribution in [1.29, 1.82) is 0 Å². The lowest BCUT2D eigenvalue weighted by Crippen LogP contribution is -2.15. The van der Waals surface area contributed by atoms with E-state index in [1.165, 1.54) is 12.2 Å². The van der Waals surface area contributed by atoms with Crippen molar-refractivity contribution in [3.05, 3.63) is 18.2 Å². The van der Waals surface area contributed by atoms with Crippen molar-refractivity contribution in [3.63, 3.8) is 0 Å². The fourth-order valence-electron chi connectivity index (χ4n) is 2.20. The molecule has 2 rings (SSSR count). The van der Waals surface area contributed by atoms with Gasteiger partial charge in [0, 0.05) is 30.9 Å². The van der Waals surface area contributed by atoms with Gasteiger partial charge in [-0.1, -0.05) is 0 Å². The van der Waals surface area contributed by atoms with Crippen molar-refractivity contribution >= 4 is 0 Å². The number of hydrogen-bond acceptors (Lipinski definition) is 2. The van der Waals surface area contributed by atoms with Gasteiger partial charge in [-0.15, -0.1) is 0 Å². The molecule has 1 fully saturated rings. The van der Waals surface area contributed by atoms with Crippen LogP contribution in [0.5, 0.6) is 0 Å². The second-order valence-electron chi connectivity index (χ2n) is 3.84. The molecule has 0 aliphatic heterocycles. The smallest absolute Gasteiger partial charge is 0.111 e. The number of aryl methyl sites for hydroxylation is 1. The maximum Gasteiger partial charge on any atom is 0.111 e. The highest BCUT2D eigenvalue weighted by molar-refractivity contribution is 5.04. The Kier molecular flexibility index (Phi) is 2.36. The summed E-state index contributed by atoms with van der Waals surface area (Å²) < 4.78 is 2.22. The predicted octanol–water partition coefficient (Wildman–Crippen LogP) is 1.50. The van der Waals surface area contributed by atoms with Gasteiger partial charge < -0.3 is 10.3 Å². The summed E-state index contributed by atoms with van der Waals surface area (Å²) in [7, 11) is 0. The first-order valence-corrected chi connectivity index (χ1v) is 5.08. The molecular formula is C10H17N3. The SMILES string of the molecule is CCn1ccnc1[C@H]1CC[C@@H](N)C1. The Morgan fingerprint density at radius 2 is 2.46 bits per heavy atom. The molecule has 72 valence electrons. The van der Waals surface area contributed by atoms with Gasteiger partial charge in [-0.2, -0.15) is 0 Å². The molecule has 1 aromatic rings. The third-order valence-corrected chi connectivity index (χ3v) is 2.93. The van der Waals surface area contributed by atoms with Gasteiger partial charge in [0.15, 0.2) is 0 Å². The molecule has 2 atom stereocenters. The van der Waals surface area contributed by atoms with E-state index in [1.54, 1.807) is 0 Å². The standard InChI is InChI=1S/C10H17N3/c1-2-13-6-5-12-10(13)8-3-4-9(11)7-8/h5-6,8-9H,2-4,7,11H2,1H3/t8-,9+/m0/s1. The first kappa shape index (κ1) is 8.75. The fourth-order valence-corrected chi connectivity index (χ4v) is 2.20. The summed E-state index contributed by atoms with van der Waals surface area (Å²) in [6.45, 7) is 3.17. The zero-order valence-corrected chi connectivity index (χ0v) is 8.11. The van der Waals surface area contributed by atoms with Gasteiger partial charge in [-0.3, -0.25) is 0 Å². The van der Waals surface area contributed by atoms with E-state index < -0.39 is 0 Å². The second-order valence-corrected chi connectivity index (χ2v) is 3.84. The Hall–Kier alpha value is -0.830. The quantitative estimate of drug-likeness (QED) is 0.747. The molecule has 0 radical (unpaired) electrons. The van der Waals surface area contributed by atoms with Crippen LogP contribution in [0.4, 0.5) is 0 Å². The molecule has 0 unspecified atom stereocenters. The third-order valence-electron chi connectivity index (χ3n) is 2.93. The van der Waals surface area contributed by atoms with Gasteiger partial charge in [0.1, 0.15) is 5.82 Å². The van der Waals surface area contributed by atoms with E-state index in [2.05, 4.69) is 22.7 Å². The first-order chi connectivity index (χ1) is 6.31. The Morgan fingerprint density at radius 1 is 1.62 bits per heavy atom. The number of rotatable bonds is 2. The molecule has 0 spiro atoms. The molecule has 0 amide bonds. The molecule has 13 heavy (non-hydrogen) atoms. The van der Waals surface area contributed by atoms with E-state index in [0.29, 0.717) is 12.0 Å². The lowest BCUT2D eigenvalue weighted by molar-refractivity contribution is 0.590. The molecule has 3 nitrogen and oxygen atoms in total. The van der Waals surface area contributed by atoms with Crippen LogP contribution >= 0.6 is 0 Å². The first-order valence-electron chi connectivity index (χ1n) is 5.08. The lowest BCUT2D eigenvalue weighted by Gasteiger charge is -2.10. The maximum absolute atomic E-state index is 5.89. The van der Waals surface area contributed by atoms with Crippen LogP contribution in [-0.2, 0) is 6.54 Å². The minimum absolute atomic E-state index is 0.395. The van der Waals surface area contributed by atoms with E-state index >= 15 is 0 Å². The Morgan fingerprint density at radius 3 is 3.08 bits per heavy atom. The summed E-state index contributed by atoms with van der Waals surface area (Å²) in [6.07, 6.45) is 7.41. The van der Waals surface area contributed by atoms with Gasteiger partial charge in [0.05, 0.1) is 0 Å². The highest BCUT2D eigenvalue weighted by Gasteiger charge is 2.25. The normalized spacial score (nSPS) is 28.2. The average molecular weight is 179 g/mol. The average Bonchev–Trinajstić information content (AvgIpc) is 2.71. The largest absolute Gasteiger partial charge is 0.335 e. The van der Waals surface area contributed by atoms with Gasteiger partial charge >= 0.3 is 0 Å². The van der Waals surface area contributed by atoms with Crippen LogP contribution in [-0.4, -0.2) is 15.6 Å². The van der Waals surface area contributed by atoms with E-state index in [0.717, 1.165) is 19.4 Å². The van der Waals surface area contributed by atoms with Crippen molar-refractivity contribution in [2.45, 2.75) is 44.7 Å². The summed E-state index contributed by atoms with van der Waals surface area (Å²) in [5, 5.41) is 0. The van der Waals surface area contributed by atoms with Crippen LogP contribution in [0.2, 0.25) is 0 Å². The monoisotopic (exact) mass is 179 g/mol. The lowest BCUT2D eigenvalue weighted by atomic mass is 10.1. The number of imidazole rings is 1. The Bertz CT molecular complexity index is 279. The van der Waals surface area contributed by atoms with Crippen molar-refractivity contribution in [3.8, 4) is 0 Å². The van der Waals surface area contributed by atoms with Crippen LogP contribution < -0.4 is 5.73 Å². The molecule has 0 bridgehead atoms. The number of nitrogens with zero attached hydrogens (tertiary/aromatic N) is 2. The summed E-state index contributed by atoms with van der Waals surface area (Å²) >= 11 is 0. The van der Waals surface area contributed by atoms with Gasteiger partial charge in [0.2, 0.25) is 0 Å². The molecule has 1 aliphatic rings. The molecule has 0 aromatic carbocycles. The van der Waals surface area contributed by atoms with E-state index in [1.807, 2.05) is 6.20 Å². The van der Waals surface area contributed by atoms with E-state index in [4.69, 9.17) is 5.73 Å². The minimum atomic E-state index is 0.395. The Balaban J connectivity index is 2.16. The fraction of sp³-hybridized carbons (Fsp3) is 0.700. The molecule has 1 saturated carbocycles. The molecule has 0 saturated heterocycles.